The Labute approximate surface area is 153 Å². The molecule has 0 saturated heterocycles. The molecule has 0 unspecified atom stereocenters. The van der Waals surface area contributed by atoms with Gasteiger partial charge in [0.15, 0.2) is 0 Å². The van der Waals surface area contributed by atoms with Crippen LogP contribution in [0.1, 0.15) is 20.8 Å². The fourth-order valence-corrected chi connectivity index (χ4v) is 3.18. The molecule has 1 heterocycles. The van der Waals surface area contributed by atoms with Gasteiger partial charge in [0.2, 0.25) is 11.8 Å². The van der Waals surface area contributed by atoms with Gasteiger partial charge in [0.1, 0.15) is 0 Å². The first kappa shape index (κ1) is 17.8. The standard InChI is InChI=1S/C20H24N4O2/c1-14(25)21-15-8-10-16(11-9-15)22-19(26)12-24-13-20(2,3)23-17-6-4-5-7-18(17)24/h4-11,23H,12-13H2,1-3H3,(H,21,25)(H,22,26). The zero-order valence-corrected chi connectivity index (χ0v) is 15.3. The van der Waals surface area contributed by atoms with E-state index in [9.17, 15) is 9.59 Å². The Bertz CT molecular complexity index is 815. The maximum atomic E-state index is 12.5. The fraction of sp³-hybridized carbons (Fsp3) is 0.300. The van der Waals surface area contributed by atoms with Crippen LogP contribution in [0.5, 0.6) is 0 Å². The van der Waals surface area contributed by atoms with Crippen molar-refractivity contribution in [3.8, 4) is 0 Å². The molecule has 0 radical (unpaired) electrons. The summed E-state index contributed by atoms with van der Waals surface area (Å²) >= 11 is 0. The average Bonchev–Trinajstić information content (AvgIpc) is 2.55. The Morgan fingerprint density at radius 1 is 1.04 bits per heavy atom. The zero-order chi connectivity index (χ0) is 18.7. The third-order valence-electron chi connectivity index (χ3n) is 4.13. The molecule has 0 spiro atoms. The van der Waals surface area contributed by atoms with Crippen LogP contribution in [-0.4, -0.2) is 30.4 Å². The number of fused-ring (bicyclic) bond motifs is 1. The van der Waals surface area contributed by atoms with Crippen LogP contribution in [-0.2, 0) is 9.59 Å². The number of carbonyl (C=O) groups excluding carboxylic acids is 2. The van der Waals surface area contributed by atoms with E-state index < -0.39 is 0 Å². The van der Waals surface area contributed by atoms with Crippen LogP contribution in [0.3, 0.4) is 0 Å². The predicted molar refractivity (Wildman–Crippen MR) is 106 cm³/mol. The highest BCUT2D eigenvalue weighted by atomic mass is 16.2. The van der Waals surface area contributed by atoms with E-state index in [2.05, 4.69) is 34.7 Å². The third kappa shape index (κ3) is 4.33. The van der Waals surface area contributed by atoms with Crippen LogP contribution in [0.15, 0.2) is 48.5 Å². The summed E-state index contributed by atoms with van der Waals surface area (Å²) in [5.41, 5.74) is 3.36. The highest BCUT2D eigenvalue weighted by molar-refractivity contribution is 5.95. The maximum absolute atomic E-state index is 12.5. The topological polar surface area (TPSA) is 73.5 Å². The number of hydrogen-bond acceptors (Lipinski definition) is 4. The van der Waals surface area contributed by atoms with E-state index in [1.807, 2.05) is 24.3 Å². The summed E-state index contributed by atoms with van der Waals surface area (Å²) in [4.78, 5) is 25.7. The molecule has 0 aromatic heterocycles. The molecule has 0 fully saturated rings. The number of para-hydroxylation sites is 2. The number of rotatable bonds is 4. The Hall–Kier alpha value is -3.02. The molecule has 0 saturated carbocycles. The SMILES string of the molecule is CC(=O)Nc1ccc(NC(=O)CN2CC(C)(C)Nc3ccccc32)cc1. The largest absolute Gasteiger partial charge is 0.377 e. The minimum atomic E-state index is -0.123. The summed E-state index contributed by atoms with van der Waals surface area (Å²) in [5.74, 6) is -0.202. The van der Waals surface area contributed by atoms with Crippen molar-refractivity contribution in [1.82, 2.24) is 0 Å². The van der Waals surface area contributed by atoms with E-state index in [1.165, 1.54) is 6.92 Å². The maximum Gasteiger partial charge on any atom is 0.243 e. The van der Waals surface area contributed by atoms with Gasteiger partial charge in [-0.1, -0.05) is 12.1 Å². The van der Waals surface area contributed by atoms with Crippen molar-refractivity contribution in [1.29, 1.82) is 0 Å². The van der Waals surface area contributed by atoms with Crippen LogP contribution in [0.4, 0.5) is 22.7 Å². The summed E-state index contributed by atoms with van der Waals surface area (Å²) in [6.07, 6.45) is 0. The molecule has 1 aliphatic rings. The summed E-state index contributed by atoms with van der Waals surface area (Å²) < 4.78 is 0. The molecule has 6 nitrogen and oxygen atoms in total. The molecule has 0 aliphatic carbocycles. The second kappa shape index (κ2) is 7.07. The average molecular weight is 352 g/mol. The second-order valence-corrected chi connectivity index (χ2v) is 7.19. The lowest BCUT2D eigenvalue weighted by atomic mass is 9.99. The predicted octanol–water partition coefficient (Wildman–Crippen LogP) is 3.29. The molecule has 2 amide bonds. The van der Waals surface area contributed by atoms with Crippen LogP contribution in [0, 0.1) is 0 Å². The number of benzene rings is 2. The normalized spacial score (nSPS) is 14.8. The highest BCUT2D eigenvalue weighted by Crippen LogP contribution is 2.33. The molecule has 136 valence electrons. The number of nitrogens with zero attached hydrogens (tertiary/aromatic N) is 1. The van der Waals surface area contributed by atoms with Gasteiger partial charge < -0.3 is 20.9 Å². The molecule has 3 N–H and O–H groups in total. The zero-order valence-electron chi connectivity index (χ0n) is 15.3. The first-order valence-corrected chi connectivity index (χ1v) is 8.62. The van der Waals surface area contributed by atoms with Gasteiger partial charge in [0.25, 0.3) is 0 Å². The van der Waals surface area contributed by atoms with Gasteiger partial charge >= 0.3 is 0 Å². The van der Waals surface area contributed by atoms with Crippen LogP contribution < -0.4 is 20.9 Å². The van der Waals surface area contributed by atoms with Gasteiger partial charge in [-0.2, -0.15) is 0 Å². The lowest BCUT2D eigenvalue weighted by Gasteiger charge is -2.41. The Morgan fingerprint density at radius 3 is 2.31 bits per heavy atom. The van der Waals surface area contributed by atoms with Gasteiger partial charge in [0.05, 0.1) is 17.9 Å². The van der Waals surface area contributed by atoms with Crippen molar-refractivity contribution in [2.75, 3.05) is 33.9 Å². The highest BCUT2D eigenvalue weighted by Gasteiger charge is 2.30. The number of nitrogens with one attached hydrogen (secondary N) is 3. The lowest BCUT2D eigenvalue weighted by molar-refractivity contribution is -0.115. The molecule has 1 aliphatic heterocycles. The summed E-state index contributed by atoms with van der Waals surface area (Å²) in [5, 5.41) is 9.12. The Morgan fingerprint density at radius 2 is 1.65 bits per heavy atom. The van der Waals surface area contributed by atoms with Gasteiger partial charge in [0, 0.05) is 30.4 Å². The summed E-state index contributed by atoms with van der Waals surface area (Å²) in [7, 11) is 0. The first-order valence-electron chi connectivity index (χ1n) is 8.62. The monoisotopic (exact) mass is 352 g/mol. The molecule has 2 aromatic rings. The summed E-state index contributed by atoms with van der Waals surface area (Å²) in [6, 6.07) is 15.1. The molecular weight excluding hydrogens is 328 g/mol. The van der Waals surface area contributed by atoms with E-state index in [0.29, 0.717) is 11.4 Å². The first-order chi connectivity index (χ1) is 12.3. The molecular formula is C20H24N4O2. The molecule has 26 heavy (non-hydrogen) atoms. The number of amides is 2. The number of hydrogen-bond donors (Lipinski definition) is 3. The van der Waals surface area contributed by atoms with Crippen LogP contribution >= 0.6 is 0 Å². The fourth-order valence-electron chi connectivity index (χ4n) is 3.18. The number of anilines is 4. The van der Waals surface area contributed by atoms with Crippen molar-refractivity contribution < 1.29 is 9.59 Å². The van der Waals surface area contributed by atoms with Crippen molar-refractivity contribution >= 4 is 34.6 Å². The summed E-state index contributed by atoms with van der Waals surface area (Å²) in [6.45, 7) is 6.71. The Balaban J connectivity index is 1.67. The van der Waals surface area contributed by atoms with Gasteiger partial charge in [-0.25, -0.2) is 0 Å². The van der Waals surface area contributed by atoms with Gasteiger partial charge in [-0.15, -0.1) is 0 Å². The van der Waals surface area contributed by atoms with E-state index in [4.69, 9.17) is 0 Å². The molecule has 6 heteroatoms. The van der Waals surface area contributed by atoms with E-state index in [-0.39, 0.29) is 23.9 Å². The van der Waals surface area contributed by atoms with Crippen molar-refractivity contribution in [2.45, 2.75) is 26.3 Å². The minimum absolute atomic E-state index is 0.0789. The lowest BCUT2D eigenvalue weighted by Crippen LogP contribution is -2.50. The van der Waals surface area contributed by atoms with E-state index >= 15 is 0 Å². The smallest absolute Gasteiger partial charge is 0.243 e. The third-order valence-corrected chi connectivity index (χ3v) is 4.13. The van der Waals surface area contributed by atoms with E-state index in [1.54, 1.807) is 24.3 Å². The molecule has 0 atom stereocenters. The minimum Gasteiger partial charge on any atom is -0.377 e. The Kier molecular flexibility index (Phi) is 4.84. The van der Waals surface area contributed by atoms with Crippen LogP contribution in [0.25, 0.3) is 0 Å². The quantitative estimate of drug-likeness (QED) is 0.789. The van der Waals surface area contributed by atoms with E-state index in [0.717, 1.165) is 17.9 Å². The van der Waals surface area contributed by atoms with Crippen LogP contribution in [0.2, 0.25) is 0 Å². The molecule has 3 rings (SSSR count). The van der Waals surface area contributed by atoms with Crippen molar-refractivity contribution in [3.63, 3.8) is 0 Å². The second-order valence-electron chi connectivity index (χ2n) is 7.19. The van der Waals surface area contributed by atoms with Crippen molar-refractivity contribution in [3.05, 3.63) is 48.5 Å². The molecule has 0 bridgehead atoms. The number of carbonyl (C=O) groups is 2. The van der Waals surface area contributed by atoms with Crippen molar-refractivity contribution in [2.24, 2.45) is 0 Å². The molecule has 2 aromatic carbocycles. The van der Waals surface area contributed by atoms with Gasteiger partial charge in [-0.05, 0) is 50.2 Å². The van der Waals surface area contributed by atoms with Gasteiger partial charge in [-0.3, -0.25) is 9.59 Å².